The van der Waals surface area contributed by atoms with Crippen LogP contribution in [0.15, 0.2) is 60.7 Å². The van der Waals surface area contributed by atoms with Crippen LogP contribution in [0.2, 0.25) is 0 Å². The summed E-state index contributed by atoms with van der Waals surface area (Å²) in [5.41, 5.74) is 3.46. The summed E-state index contributed by atoms with van der Waals surface area (Å²) in [4.78, 5) is 28.3. The molecule has 0 fully saturated rings. The lowest BCUT2D eigenvalue weighted by atomic mass is 10.1. The molecular formula is C26H25F2N3O3. The van der Waals surface area contributed by atoms with Gasteiger partial charge in [0.05, 0.1) is 25.3 Å². The van der Waals surface area contributed by atoms with E-state index in [-0.39, 0.29) is 24.7 Å². The summed E-state index contributed by atoms with van der Waals surface area (Å²) in [6, 6.07) is 15.8. The maximum Gasteiger partial charge on any atom is 0.322 e. The molecule has 0 spiro atoms. The number of urea groups is 1. The third kappa shape index (κ3) is 5.33. The van der Waals surface area contributed by atoms with Crippen molar-refractivity contribution in [2.24, 2.45) is 0 Å². The molecule has 1 aliphatic heterocycles. The first-order chi connectivity index (χ1) is 16.3. The molecule has 4 rings (SSSR count). The monoisotopic (exact) mass is 465 g/mol. The molecule has 1 aliphatic rings. The van der Waals surface area contributed by atoms with Gasteiger partial charge in [0.25, 0.3) is 0 Å². The van der Waals surface area contributed by atoms with Gasteiger partial charge in [-0.25, -0.2) is 13.6 Å². The van der Waals surface area contributed by atoms with Crippen molar-refractivity contribution in [2.75, 3.05) is 23.4 Å². The Morgan fingerprint density at radius 2 is 1.82 bits per heavy atom. The first kappa shape index (κ1) is 23.2. The second-order valence-electron chi connectivity index (χ2n) is 8.21. The number of nitrogens with zero attached hydrogens (tertiary/aromatic N) is 2. The minimum Gasteiger partial charge on any atom is -0.491 e. The lowest BCUT2D eigenvalue weighted by Crippen LogP contribution is -2.36. The summed E-state index contributed by atoms with van der Waals surface area (Å²) >= 11 is 0. The molecule has 34 heavy (non-hydrogen) atoms. The molecule has 3 amide bonds. The van der Waals surface area contributed by atoms with E-state index in [0.717, 1.165) is 34.5 Å². The molecule has 0 atom stereocenters. The van der Waals surface area contributed by atoms with Crippen LogP contribution in [0, 0.1) is 18.6 Å². The molecule has 0 unspecified atom stereocenters. The molecule has 3 aromatic carbocycles. The molecule has 6 nitrogen and oxygen atoms in total. The number of aryl methyl sites for hydroxylation is 1. The number of benzene rings is 3. The second kappa shape index (κ2) is 9.91. The second-order valence-corrected chi connectivity index (χ2v) is 8.21. The Hall–Kier alpha value is -3.94. The number of halogens is 2. The number of rotatable bonds is 4. The van der Waals surface area contributed by atoms with Gasteiger partial charge in [-0.2, -0.15) is 0 Å². The molecule has 0 saturated carbocycles. The van der Waals surface area contributed by atoms with Gasteiger partial charge in [0.1, 0.15) is 24.0 Å². The molecule has 0 radical (unpaired) electrons. The number of carbonyl (C=O) groups excluding carboxylic acids is 2. The number of ether oxygens (including phenoxy) is 1. The van der Waals surface area contributed by atoms with Gasteiger partial charge in [0.2, 0.25) is 5.91 Å². The van der Waals surface area contributed by atoms with Crippen LogP contribution in [0.25, 0.3) is 0 Å². The average molecular weight is 466 g/mol. The highest BCUT2D eigenvalue weighted by molar-refractivity contribution is 5.91. The van der Waals surface area contributed by atoms with Crippen LogP contribution < -0.4 is 15.0 Å². The number of hydrogen-bond acceptors (Lipinski definition) is 3. The molecule has 0 aromatic heterocycles. The van der Waals surface area contributed by atoms with Crippen molar-refractivity contribution >= 4 is 23.3 Å². The predicted molar refractivity (Wildman–Crippen MR) is 126 cm³/mol. The molecular weight excluding hydrogens is 440 g/mol. The summed E-state index contributed by atoms with van der Waals surface area (Å²) < 4.78 is 32.9. The van der Waals surface area contributed by atoms with Crippen LogP contribution in [0.3, 0.4) is 0 Å². The Balaban J connectivity index is 1.52. The highest BCUT2D eigenvalue weighted by Gasteiger charge is 2.22. The van der Waals surface area contributed by atoms with Crippen molar-refractivity contribution in [2.45, 2.75) is 26.9 Å². The number of anilines is 2. The van der Waals surface area contributed by atoms with Crippen molar-refractivity contribution in [3.8, 4) is 5.75 Å². The van der Waals surface area contributed by atoms with Crippen molar-refractivity contribution in [1.29, 1.82) is 0 Å². The van der Waals surface area contributed by atoms with Crippen molar-refractivity contribution < 1.29 is 23.1 Å². The van der Waals surface area contributed by atoms with Gasteiger partial charge in [0, 0.05) is 24.2 Å². The fraction of sp³-hybridized carbons (Fsp3) is 0.231. The zero-order valence-electron chi connectivity index (χ0n) is 19.0. The molecule has 3 aromatic rings. The van der Waals surface area contributed by atoms with E-state index in [9.17, 15) is 18.4 Å². The Morgan fingerprint density at radius 3 is 2.53 bits per heavy atom. The third-order valence-corrected chi connectivity index (χ3v) is 5.63. The minimum absolute atomic E-state index is 0.0858. The van der Waals surface area contributed by atoms with Crippen molar-refractivity contribution in [3.05, 3.63) is 89.0 Å². The SMILES string of the molecule is CC(=O)N(Cc1ccc2c(c1)CN(C(=O)Nc1ccc(F)cc1F)CCO2)c1ccc(C)cc1. The van der Waals surface area contributed by atoms with Crippen LogP contribution in [0.5, 0.6) is 5.75 Å². The first-order valence-corrected chi connectivity index (χ1v) is 10.9. The highest BCUT2D eigenvalue weighted by atomic mass is 19.1. The largest absolute Gasteiger partial charge is 0.491 e. The van der Waals surface area contributed by atoms with E-state index >= 15 is 0 Å². The average Bonchev–Trinajstić information content (AvgIpc) is 3.02. The zero-order chi connectivity index (χ0) is 24.2. The Morgan fingerprint density at radius 1 is 1.06 bits per heavy atom. The molecule has 8 heteroatoms. The highest BCUT2D eigenvalue weighted by Crippen LogP contribution is 2.27. The van der Waals surface area contributed by atoms with Gasteiger partial charge in [-0.3, -0.25) is 4.79 Å². The Kier molecular flexibility index (Phi) is 6.77. The molecule has 0 bridgehead atoms. The van der Waals surface area contributed by atoms with E-state index in [1.54, 1.807) is 4.90 Å². The molecule has 176 valence electrons. The Labute approximate surface area is 196 Å². The van der Waals surface area contributed by atoms with Crippen LogP contribution in [-0.2, 0) is 17.9 Å². The topological polar surface area (TPSA) is 61.9 Å². The smallest absolute Gasteiger partial charge is 0.322 e. The zero-order valence-corrected chi connectivity index (χ0v) is 19.0. The summed E-state index contributed by atoms with van der Waals surface area (Å²) in [5, 5.41) is 2.49. The standard InChI is InChI=1S/C26H25F2N3O3/c1-17-3-7-22(8-4-17)31(18(2)32)15-19-5-10-25-20(13-19)16-30(11-12-34-25)26(33)29-24-9-6-21(27)14-23(24)28/h3-10,13-14H,11-12,15-16H2,1-2H3,(H,29,33). The van der Waals surface area contributed by atoms with Crippen LogP contribution in [0.4, 0.5) is 25.0 Å². The Bertz CT molecular complexity index is 1210. The van der Waals surface area contributed by atoms with Crippen LogP contribution in [0.1, 0.15) is 23.6 Å². The number of hydrogen-bond donors (Lipinski definition) is 1. The van der Waals surface area contributed by atoms with E-state index in [0.29, 0.717) is 18.8 Å². The van der Waals surface area contributed by atoms with E-state index in [1.165, 1.54) is 17.9 Å². The third-order valence-electron chi connectivity index (χ3n) is 5.63. The van der Waals surface area contributed by atoms with Gasteiger partial charge in [0.15, 0.2) is 0 Å². The maximum atomic E-state index is 14.0. The van der Waals surface area contributed by atoms with Crippen molar-refractivity contribution in [1.82, 2.24) is 4.90 Å². The van der Waals surface area contributed by atoms with Crippen LogP contribution in [-0.4, -0.2) is 30.0 Å². The lowest BCUT2D eigenvalue weighted by Gasteiger charge is -2.23. The van der Waals surface area contributed by atoms with Crippen molar-refractivity contribution in [3.63, 3.8) is 0 Å². The number of carbonyl (C=O) groups is 2. The van der Waals surface area contributed by atoms with Gasteiger partial charge in [-0.1, -0.05) is 23.8 Å². The van der Waals surface area contributed by atoms with E-state index in [4.69, 9.17) is 4.74 Å². The lowest BCUT2D eigenvalue weighted by molar-refractivity contribution is -0.116. The van der Waals surface area contributed by atoms with E-state index < -0.39 is 17.7 Å². The minimum atomic E-state index is -0.845. The molecule has 1 heterocycles. The fourth-order valence-corrected chi connectivity index (χ4v) is 3.80. The van der Waals surface area contributed by atoms with Crippen LogP contribution >= 0.6 is 0 Å². The van der Waals surface area contributed by atoms with Gasteiger partial charge in [-0.15, -0.1) is 0 Å². The predicted octanol–water partition coefficient (Wildman–Crippen LogP) is 5.25. The summed E-state index contributed by atoms with van der Waals surface area (Å²) in [5.74, 6) is -0.998. The fourth-order valence-electron chi connectivity index (χ4n) is 3.80. The summed E-state index contributed by atoms with van der Waals surface area (Å²) in [7, 11) is 0. The maximum absolute atomic E-state index is 14.0. The normalized spacial score (nSPS) is 12.9. The van der Waals surface area contributed by atoms with Gasteiger partial charge < -0.3 is 19.9 Å². The first-order valence-electron chi connectivity index (χ1n) is 10.9. The number of amides is 3. The van der Waals surface area contributed by atoms with Gasteiger partial charge >= 0.3 is 6.03 Å². The molecule has 0 aliphatic carbocycles. The summed E-state index contributed by atoms with van der Waals surface area (Å²) in [6.07, 6.45) is 0. The summed E-state index contributed by atoms with van der Waals surface area (Å²) in [6.45, 7) is 4.67. The van der Waals surface area contributed by atoms with E-state index in [2.05, 4.69) is 5.32 Å². The van der Waals surface area contributed by atoms with E-state index in [1.807, 2.05) is 49.4 Å². The molecule has 1 N–H and O–H groups in total. The van der Waals surface area contributed by atoms with Gasteiger partial charge in [-0.05, 0) is 48.9 Å². The molecule has 0 saturated heterocycles. The number of fused-ring (bicyclic) bond motifs is 1. The quantitative estimate of drug-likeness (QED) is 0.572. The number of nitrogens with one attached hydrogen (secondary N) is 1.